The number of nitrogens with zero attached hydrogens (tertiary/aromatic N) is 5. The summed E-state index contributed by atoms with van der Waals surface area (Å²) in [6.45, 7) is 40.6. The number of nitrogens with two attached hydrogens (primary N) is 1. The highest BCUT2D eigenvalue weighted by atomic mass is 16.6. The standard InChI is InChI=1S/C15H29N5O4.C15H31N3O4.C15H30N2O5.C5H6N2O/c1-14(2,3)23-12(21)17-9-7-11(19-20-16)8-10-18-13(22)24-15(4,5)6;1-14(2,3)21-12(19)17-9-7-11(16)8-10-18-13(20)22-15(4,5)6;1-14(2,3)21-12(19)16-9-7-11(18)8-10-17-13(20)22-15(4,5)6;1-7-4-5(8)2-3-6/h11H,7-10H2,1-6H3,(H,17,21)(H,18,22);11H,7-10,16H2,1-6H3,(H,17,19)(H,18,20);11,18H,7-10H2,1-6H3,(H,16,19)(H,17,20);5,8H,2,4H2. The summed E-state index contributed by atoms with van der Waals surface area (Å²) in [6, 6.07) is 1.29. The van der Waals surface area contributed by atoms with Crippen molar-refractivity contribution >= 4 is 36.6 Å². The highest BCUT2D eigenvalue weighted by molar-refractivity contribution is 5.69. The maximum Gasteiger partial charge on any atom is 0.407 e. The molecule has 0 aliphatic carbocycles. The van der Waals surface area contributed by atoms with Crippen LogP contribution in [0.25, 0.3) is 15.3 Å². The molecule has 26 nitrogen and oxygen atoms in total. The maximum absolute atomic E-state index is 11.5. The van der Waals surface area contributed by atoms with Crippen LogP contribution in [0.4, 0.5) is 28.8 Å². The molecule has 0 aliphatic rings. The van der Waals surface area contributed by atoms with Gasteiger partial charge in [-0.25, -0.2) is 35.3 Å². The van der Waals surface area contributed by atoms with Gasteiger partial charge in [0.2, 0.25) is 6.54 Å². The molecule has 0 bridgehead atoms. The van der Waals surface area contributed by atoms with E-state index in [1.54, 1.807) is 131 Å². The van der Waals surface area contributed by atoms with E-state index >= 15 is 0 Å². The third-order valence-corrected chi connectivity index (χ3v) is 7.79. The molecule has 0 saturated carbocycles. The fourth-order valence-corrected chi connectivity index (χ4v) is 4.86. The second-order valence-electron chi connectivity index (χ2n) is 22.9. The van der Waals surface area contributed by atoms with E-state index in [4.69, 9.17) is 56.6 Å². The van der Waals surface area contributed by atoms with Crippen LogP contribution < -0.4 is 37.6 Å². The minimum atomic E-state index is -0.752. The number of ether oxygens (including phenoxy) is 6. The summed E-state index contributed by atoms with van der Waals surface area (Å²) in [7, 11) is 0. The Bertz CT molecular complexity index is 1620. The van der Waals surface area contributed by atoms with Crippen LogP contribution in [0.15, 0.2) is 5.11 Å². The van der Waals surface area contributed by atoms with Crippen molar-refractivity contribution in [3.8, 4) is 6.07 Å². The van der Waals surface area contributed by atoms with Gasteiger partial charge < -0.3 is 81.1 Å². The van der Waals surface area contributed by atoms with Gasteiger partial charge in [-0.2, -0.15) is 5.26 Å². The monoisotopic (exact) mass is 1090 g/mol. The molecule has 0 aromatic rings. The number of aliphatic hydroxyl groups excluding tert-OH is 2. The first kappa shape index (κ1) is 76.3. The van der Waals surface area contributed by atoms with Gasteiger partial charge in [-0.15, -0.1) is 0 Å². The van der Waals surface area contributed by atoms with Crippen LogP contribution in [0.5, 0.6) is 0 Å². The Hall–Kier alpha value is -6.21. The molecule has 26 heteroatoms. The van der Waals surface area contributed by atoms with Crippen LogP contribution in [0, 0.1) is 17.9 Å². The molecule has 0 spiro atoms. The van der Waals surface area contributed by atoms with Crippen LogP contribution in [0.1, 0.15) is 170 Å². The second-order valence-corrected chi connectivity index (χ2v) is 22.9. The van der Waals surface area contributed by atoms with Crippen LogP contribution in [0.2, 0.25) is 0 Å². The van der Waals surface area contributed by atoms with Crippen molar-refractivity contribution < 1.29 is 67.4 Å². The van der Waals surface area contributed by atoms with Crippen molar-refractivity contribution in [1.29, 1.82) is 5.26 Å². The molecule has 0 aliphatic heterocycles. The van der Waals surface area contributed by atoms with Crippen molar-refractivity contribution in [2.24, 2.45) is 10.8 Å². The minimum absolute atomic E-state index is 0.0353. The first-order valence-electron chi connectivity index (χ1n) is 25.2. The quantitative estimate of drug-likeness (QED) is 0.0173. The number of hydrogen-bond donors (Lipinski definition) is 9. The Labute approximate surface area is 452 Å². The van der Waals surface area contributed by atoms with Crippen LogP contribution in [-0.2, 0) is 28.4 Å². The Morgan fingerprint density at radius 2 is 0.737 bits per heavy atom. The Morgan fingerprint density at radius 3 is 0.947 bits per heavy atom. The molecule has 0 aromatic carbocycles. The second kappa shape index (κ2) is 39.2. The van der Waals surface area contributed by atoms with Crippen molar-refractivity contribution in [1.82, 2.24) is 31.9 Å². The summed E-state index contributed by atoms with van der Waals surface area (Å²) in [5.41, 5.74) is 11.3. The summed E-state index contributed by atoms with van der Waals surface area (Å²) in [4.78, 5) is 74.4. The highest BCUT2D eigenvalue weighted by Gasteiger charge is 2.21. The summed E-state index contributed by atoms with van der Waals surface area (Å²) >= 11 is 0. The first-order valence-corrected chi connectivity index (χ1v) is 25.2. The molecule has 0 saturated heterocycles. The predicted molar refractivity (Wildman–Crippen MR) is 288 cm³/mol. The van der Waals surface area contributed by atoms with Crippen LogP contribution in [0.3, 0.4) is 0 Å². The molecule has 1 atom stereocenters. The zero-order valence-corrected chi connectivity index (χ0v) is 48.8. The van der Waals surface area contributed by atoms with Gasteiger partial charge in [-0.3, -0.25) is 0 Å². The van der Waals surface area contributed by atoms with E-state index in [0.717, 1.165) is 0 Å². The number of nitriles is 1. The molecule has 10 N–H and O–H groups in total. The molecular weight excluding hydrogens is 993 g/mol. The number of aliphatic hydroxyl groups is 2. The van der Waals surface area contributed by atoms with E-state index in [1.807, 2.05) is 0 Å². The summed E-state index contributed by atoms with van der Waals surface area (Å²) in [5, 5.41) is 45.6. The topological polar surface area (TPSA) is 373 Å². The minimum Gasteiger partial charge on any atom is -0.444 e. The van der Waals surface area contributed by atoms with Gasteiger partial charge in [0.25, 0.3) is 0 Å². The molecule has 440 valence electrons. The van der Waals surface area contributed by atoms with E-state index in [-0.39, 0.29) is 25.0 Å². The molecule has 0 fully saturated rings. The lowest BCUT2D eigenvalue weighted by Crippen LogP contribution is -2.37. The molecule has 0 radical (unpaired) electrons. The zero-order chi connectivity index (χ0) is 60.0. The summed E-state index contributed by atoms with van der Waals surface area (Å²) in [5.74, 6) is 0. The number of amides is 6. The number of rotatable bonds is 21. The molecule has 0 heterocycles. The first-order chi connectivity index (χ1) is 34.5. The van der Waals surface area contributed by atoms with Gasteiger partial charge >= 0.3 is 36.6 Å². The van der Waals surface area contributed by atoms with E-state index < -0.39 is 82.4 Å². The Kier molecular flexibility index (Phi) is 39.4. The molecular formula is C50H96N12O14. The SMILES string of the molecule is CC(C)(C)OC(=O)NCCC(CCNC(=O)OC(C)(C)C)N=[N+]=[N-].CC(C)(C)OC(=O)NCCC(N)CCNC(=O)OC(C)(C)C.CC(C)(C)OC(=O)NCCC(O)CCNC(=O)OC(C)(C)C.[C-]#[N+]CC(O)CC#N. The van der Waals surface area contributed by atoms with Crippen molar-refractivity contribution in [2.75, 3.05) is 45.8 Å². The lowest BCUT2D eigenvalue weighted by Gasteiger charge is -2.21. The molecule has 1 unspecified atom stereocenters. The molecule has 6 amide bonds. The molecule has 76 heavy (non-hydrogen) atoms. The predicted octanol–water partition coefficient (Wildman–Crippen LogP) is 8.00. The third-order valence-electron chi connectivity index (χ3n) is 7.79. The van der Waals surface area contributed by atoms with Crippen LogP contribution >= 0.6 is 0 Å². The number of hydrogen-bond acceptors (Lipinski definition) is 17. The maximum atomic E-state index is 11.5. The largest absolute Gasteiger partial charge is 0.444 e. The van der Waals surface area contributed by atoms with Crippen molar-refractivity contribution in [3.05, 3.63) is 21.9 Å². The van der Waals surface area contributed by atoms with Gasteiger partial charge in [0.15, 0.2) is 0 Å². The van der Waals surface area contributed by atoms with Gasteiger partial charge in [-0.1, -0.05) is 5.11 Å². The Balaban J connectivity index is -0.000000476. The Morgan fingerprint density at radius 1 is 0.500 bits per heavy atom. The number of nitrogens with one attached hydrogen (secondary N) is 6. The number of alkyl carbamates (subject to hydrolysis) is 6. The smallest absolute Gasteiger partial charge is 0.407 e. The fraction of sp³-hybridized carbons (Fsp3) is 0.840. The van der Waals surface area contributed by atoms with Crippen LogP contribution in [-0.4, -0.2) is 150 Å². The van der Waals surface area contributed by atoms with E-state index in [0.29, 0.717) is 77.8 Å². The molecule has 0 aromatic heterocycles. The molecule has 0 rings (SSSR count). The number of carbonyl (C=O) groups is 6. The average Bonchev–Trinajstić information content (AvgIpc) is 3.18. The number of azide groups is 1. The summed E-state index contributed by atoms with van der Waals surface area (Å²) in [6.07, 6.45) is -1.41. The van der Waals surface area contributed by atoms with Gasteiger partial charge in [0.1, 0.15) is 39.7 Å². The van der Waals surface area contributed by atoms with E-state index in [9.17, 15) is 33.9 Å². The third kappa shape index (κ3) is 63.9. The van der Waals surface area contributed by atoms with Crippen molar-refractivity contribution in [2.45, 2.75) is 227 Å². The average molecular weight is 1090 g/mol. The normalized spacial score (nSPS) is 11.8. The van der Waals surface area contributed by atoms with Gasteiger partial charge in [0.05, 0.1) is 18.6 Å². The van der Waals surface area contributed by atoms with E-state index in [2.05, 4.69) is 46.8 Å². The van der Waals surface area contributed by atoms with Gasteiger partial charge in [-0.05, 0) is 169 Å². The lowest BCUT2D eigenvalue weighted by atomic mass is 10.1. The lowest BCUT2D eigenvalue weighted by molar-refractivity contribution is 0.0496. The fourth-order valence-electron chi connectivity index (χ4n) is 4.86. The van der Waals surface area contributed by atoms with Crippen molar-refractivity contribution in [3.63, 3.8) is 0 Å². The van der Waals surface area contributed by atoms with Gasteiger partial charge in [0, 0.05) is 56.3 Å². The zero-order valence-electron chi connectivity index (χ0n) is 48.8. The summed E-state index contributed by atoms with van der Waals surface area (Å²) < 4.78 is 30.6. The number of carbonyl (C=O) groups excluding carboxylic acids is 6. The highest BCUT2D eigenvalue weighted by Crippen LogP contribution is 2.11. The van der Waals surface area contributed by atoms with E-state index in [1.165, 1.54) is 0 Å².